The highest BCUT2D eigenvalue weighted by atomic mass is 35.5. The van der Waals surface area contributed by atoms with Crippen molar-refractivity contribution in [2.24, 2.45) is 0 Å². The molecule has 0 fully saturated rings. The summed E-state index contributed by atoms with van der Waals surface area (Å²) < 4.78 is 27.7. The lowest BCUT2D eigenvalue weighted by Crippen LogP contribution is -2.31. The molecule has 0 aromatic heterocycles. The number of sulfonamides is 1. The molecule has 156 valence electrons. The van der Waals surface area contributed by atoms with Gasteiger partial charge in [-0.1, -0.05) is 54.9 Å². The van der Waals surface area contributed by atoms with Crippen LogP contribution in [0.15, 0.2) is 83.8 Å². The largest absolute Gasteiger partial charge is 0.334 e. The van der Waals surface area contributed by atoms with Crippen molar-refractivity contribution in [3.8, 4) is 0 Å². The molecule has 3 aromatic carbocycles. The molecule has 5 nitrogen and oxygen atoms in total. The number of benzene rings is 3. The van der Waals surface area contributed by atoms with Gasteiger partial charge in [-0.25, -0.2) is 8.42 Å². The first-order valence-corrected chi connectivity index (χ1v) is 11.5. The third kappa shape index (κ3) is 5.62. The number of carbonyl (C=O) groups is 1. The van der Waals surface area contributed by atoms with E-state index in [1.807, 2.05) is 37.3 Å². The number of rotatable bonds is 8. The highest BCUT2D eigenvalue weighted by Gasteiger charge is 2.18. The van der Waals surface area contributed by atoms with E-state index in [0.717, 1.165) is 12.0 Å². The fraction of sp³-hybridized carbons (Fsp3) is 0.174. The molecule has 3 rings (SSSR count). The van der Waals surface area contributed by atoms with Gasteiger partial charge in [0, 0.05) is 23.7 Å². The Balaban J connectivity index is 1.76. The highest BCUT2D eigenvalue weighted by Crippen LogP contribution is 2.20. The summed E-state index contributed by atoms with van der Waals surface area (Å²) >= 11 is 5.91. The molecule has 3 aromatic rings. The molecule has 0 heterocycles. The lowest BCUT2D eigenvalue weighted by atomic mass is 10.1. The van der Waals surface area contributed by atoms with Crippen LogP contribution in [0.5, 0.6) is 0 Å². The Hall–Kier alpha value is -2.83. The number of hydrogen-bond acceptors (Lipinski definition) is 3. The first-order valence-electron chi connectivity index (χ1n) is 9.60. The van der Waals surface area contributed by atoms with Gasteiger partial charge in [-0.2, -0.15) is 0 Å². The normalized spacial score (nSPS) is 11.1. The Bertz CT molecular complexity index is 1100. The molecule has 0 saturated carbocycles. The number of halogens is 1. The second-order valence-corrected chi connectivity index (χ2v) is 8.97. The molecule has 0 spiro atoms. The van der Waals surface area contributed by atoms with E-state index >= 15 is 0 Å². The second-order valence-electron chi connectivity index (χ2n) is 6.85. The second kappa shape index (κ2) is 9.78. The third-order valence-electron chi connectivity index (χ3n) is 4.49. The molecule has 1 amide bonds. The average molecular weight is 443 g/mol. The van der Waals surface area contributed by atoms with Gasteiger partial charge in [-0.15, -0.1) is 0 Å². The standard InChI is InChI=1S/C23H23ClN2O3S/c1-2-15-26(17-18-7-4-3-5-8-18)23(27)19-11-13-22(14-12-19)30(28,29)25-21-10-6-9-20(24)16-21/h3-14,16,25H,2,15,17H2,1H3. The molecule has 0 saturated heterocycles. The first kappa shape index (κ1) is 21.9. The van der Waals surface area contributed by atoms with Gasteiger partial charge in [0.1, 0.15) is 0 Å². The smallest absolute Gasteiger partial charge is 0.261 e. The van der Waals surface area contributed by atoms with E-state index < -0.39 is 10.0 Å². The minimum absolute atomic E-state index is 0.0733. The Kier molecular flexibility index (Phi) is 7.13. The van der Waals surface area contributed by atoms with Crippen LogP contribution >= 0.6 is 11.6 Å². The monoisotopic (exact) mass is 442 g/mol. The van der Waals surface area contributed by atoms with Crippen molar-refractivity contribution in [2.45, 2.75) is 24.8 Å². The summed E-state index contributed by atoms with van der Waals surface area (Å²) in [5, 5.41) is 0.436. The van der Waals surface area contributed by atoms with E-state index in [2.05, 4.69) is 4.72 Å². The van der Waals surface area contributed by atoms with Gasteiger partial charge in [0.15, 0.2) is 0 Å². The van der Waals surface area contributed by atoms with Gasteiger partial charge in [0.05, 0.1) is 10.6 Å². The number of hydrogen-bond donors (Lipinski definition) is 1. The Morgan fingerprint density at radius 1 is 0.967 bits per heavy atom. The number of amides is 1. The molecule has 0 radical (unpaired) electrons. The molecule has 0 aliphatic heterocycles. The van der Waals surface area contributed by atoms with E-state index in [1.54, 1.807) is 35.2 Å². The van der Waals surface area contributed by atoms with Crippen molar-refractivity contribution in [3.05, 3.63) is 95.0 Å². The molecule has 1 N–H and O–H groups in total. The van der Waals surface area contributed by atoms with Crippen LogP contribution in [-0.2, 0) is 16.6 Å². The zero-order valence-corrected chi connectivity index (χ0v) is 18.2. The van der Waals surface area contributed by atoms with Gasteiger partial charge in [0.2, 0.25) is 0 Å². The fourth-order valence-corrected chi connectivity index (χ4v) is 4.29. The topological polar surface area (TPSA) is 66.5 Å². The minimum Gasteiger partial charge on any atom is -0.334 e. The zero-order chi connectivity index (χ0) is 21.6. The average Bonchev–Trinajstić information content (AvgIpc) is 2.73. The van der Waals surface area contributed by atoms with Crippen molar-refractivity contribution in [1.29, 1.82) is 0 Å². The van der Waals surface area contributed by atoms with Crippen molar-refractivity contribution in [1.82, 2.24) is 4.90 Å². The molecular formula is C23H23ClN2O3S. The van der Waals surface area contributed by atoms with Crippen LogP contribution in [0.25, 0.3) is 0 Å². The van der Waals surface area contributed by atoms with Gasteiger partial charge < -0.3 is 4.90 Å². The Labute approximate surface area is 182 Å². The van der Waals surface area contributed by atoms with Crippen molar-refractivity contribution in [3.63, 3.8) is 0 Å². The zero-order valence-electron chi connectivity index (χ0n) is 16.6. The van der Waals surface area contributed by atoms with Crippen LogP contribution < -0.4 is 4.72 Å². The SMILES string of the molecule is CCCN(Cc1ccccc1)C(=O)c1ccc(S(=O)(=O)Nc2cccc(Cl)c2)cc1. The van der Waals surface area contributed by atoms with E-state index in [9.17, 15) is 13.2 Å². The number of carbonyl (C=O) groups excluding carboxylic acids is 1. The predicted octanol–water partition coefficient (Wildman–Crippen LogP) is 5.19. The summed E-state index contributed by atoms with van der Waals surface area (Å²) in [7, 11) is -3.79. The van der Waals surface area contributed by atoms with Gasteiger partial charge in [-0.05, 0) is 54.4 Å². The molecule has 0 unspecified atom stereocenters. The van der Waals surface area contributed by atoms with Crippen molar-refractivity contribution < 1.29 is 13.2 Å². The highest BCUT2D eigenvalue weighted by molar-refractivity contribution is 7.92. The molecule has 0 aliphatic carbocycles. The minimum atomic E-state index is -3.79. The van der Waals surface area contributed by atoms with Crippen molar-refractivity contribution >= 4 is 33.2 Å². The van der Waals surface area contributed by atoms with E-state index in [4.69, 9.17) is 11.6 Å². The lowest BCUT2D eigenvalue weighted by molar-refractivity contribution is 0.0743. The summed E-state index contributed by atoms with van der Waals surface area (Å²) in [4.78, 5) is 14.8. The molecule has 0 aliphatic rings. The van der Waals surface area contributed by atoms with E-state index in [0.29, 0.717) is 29.4 Å². The maximum Gasteiger partial charge on any atom is 0.261 e. The summed E-state index contributed by atoms with van der Waals surface area (Å²) in [6.45, 7) is 3.14. The van der Waals surface area contributed by atoms with E-state index in [-0.39, 0.29) is 10.8 Å². The van der Waals surface area contributed by atoms with Crippen LogP contribution in [0.3, 0.4) is 0 Å². The third-order valence-corrected chi connectivity index (χ3v) is 6.12. The predicted molar refractivity (Wildman–Crippen MR) is 120 cm³/mol. The summed E-state index contributed by atoms with van der Waals surface area (Å²) in [5.74, 6) is -0.132. The maximum atomic E-state index is 13.0. The maximum absolute atomic E-state index is 13.0. The van der Waals surface area contributed by atoms with Crippen LogP contribution in [0.2, 0.25) is 5.02 Å². The molecule has 0 atom stereocenters. The quantitative estimate of drug-likeness (QED) is 0.521. The summed E-state index contributed by atoms with van der Waals surface area (Å²) in [6, 6.07) is 22.2. The van der Waals surface area contributed by atoms with Crippen LogP contribution in [0.4, 0.5) is 5.69 Å². The van der Waals surface area contributed by atoms with Gasteiger partial charge in [-0.3, -0.25) is 9.52 Å². The Morgan fingerprint density at radius 3 is 2.30 bits per heavy atom. The number of nitrogens with one attached hydrogen (secondary N) is 1. The molecule has 30 heavy (non-hydrogen) atoms. The summed E-state index contributed by atoms with van der Waals surface area (Å²) in [5.41, 5.74) is 1.87. The molecular weight excluding hydrogens is 420 g/mol. The fourth-order valence-electron chi connectivity index (χ4n) is 3.05. The van der Waals surface area contributed by atoms with Gasteiger partial charge in [0.25, 0.3) is 15.9 Å². The van der Waals surface area contributed by atoms with Gasteiger partial charge >= 0.3 is 0 Å². The molecule has 7 heteroatoms. The van der Waals surface area contributed by atoms with Crippen LogP contribution in [-0.4, -0.2) is 25.8 Å². The summed E-state index contributed by atoms with van der Waals surface area (Å²) in [6.07, 6.45) is 0.828. The molecule has 0 bridgehead atoms. The van der Waals surface area contributed by atoms with Crippen LogP contribution in [0, 0.1) is 0 Å². The van der Waals surface area contributed by atoms with Crippen molar-refractivity contribution in [2.75, 3.05) is 11.3 Å². The number of nitrogens with zero attached hydrogens (tertiary/aromatic N) is 1. The first-order chi connectivity index (χ1) is 14.4. The number of anilines is 1. The Morgan fingerprint density at radius 2 is 1.67 bits per heavy atom. The lowest BCUT2D eigenvalue weighted by Gasteiger charge is -2.22. The van der Waals surface area contributed by atoms with E-state index in [1.165, 1.54) is 18.2 Å². The van der Waals surface area contributed by atoms with Crippen LogP contribution in [0.1, 0.15) is 29.3 Å².